The molecule has 0 aromatic carbocycles. The Morgan fingerprint density at radius 2 is 1.25 bits per heavy atom. The summed E-state index contributed by atoms with van der Waals surface area (Å²) in [4.78, 5) is 0. The van der Waals surface area contributed by atoms with Gasteiger partial charge in [-0.25, -0.2) is 4.18 Å². The summed E-state index contributed by atoms with van der Waals surface area (Å²) >= 11 is 0. The van der Waals surface area contributed by atoms with Crippen LogP contribution in [0.2, 0.25) is 0 Å². The molecule has 0 saturated heterocycles. The molecule has 0 aromatic heterocycles. The molecule has 4 nitrogen and oxygen atoms in total. The van der Waals surface area contributed by atoms with E-state index in [2.05, 4.69) is 11.1 Å². The summed E-state index contributed by atoms with van der Waals surface area (Å²) in [5.74, 6) is 0. The van der Waals surface area contributed by atoms with E-state index in [4.69, 9.17) is 4.55 Å². The topological polar surface area (TPSA) is 63.6 Å². The molecule has 0 atom stereocenters. The predicted molar refractivity (Wildman–Crippen MR) is 95.2 cm³/mol. The summed E-state index contributed by atoms with van der Waals surface area (Å²) in [6, 6.07) is 0. The van der Waals surface area contributed by atoms with Gasteiger partial charge >= 0.3 is 71.2 Å². The number of rotatable bonds is 12. The fourth-order valence-electron chi connectivity index (χ4n) is 1.75. The minimum Gasteiger partial charge on any atom is -1.00 e. The number of hydrogen-bond acceptors (Lipinski definition) is 3. The Hall–Kier alpha value is 2.43. The summed E-state index contributed by atoms with van der Waals surface area (Å²) < 4.78 is 33.0. The third-order valence-electron chi connectivity index (χ3n) is 2.73. The van der Waals surface area contributed by atoms with E-state index in [1.165, 1.54) is 44.9 Å². The predicted octanol–water partition coefficient (Wildman–Crippen LogP) is 2.23. The number of hydrogen-bond donors (Lipinski definition) is 1. The van der Waals surface area contributed by atoms with Crippen LogP contribution in [0.15, 0.2) is 0 Å². The summed E-state index contributed by atoms with van der Waals surface area (Å²) in [6.45, 7) is 2.31. The van der Waals surface area contributed by atoms with E-state index in [1.54, 1.807) is 0 Å². The Kier molecular flexibility index (Phi) is 32.5. The molecule has 0 aliphatic heterocycles. The molecule has 0 aliphatic rings. The van der Waals surface area contributed by atoms with Gasteiger partial charge in [0.15, 0.2) is 17.4 Å². The average molecular weight is 365 g/mol. The molecule has 0 heterocycles. The first-order valence-electron chi connectivity index (χ1n) is 6.68. The first kappa shape index (κ1) is 30.3. The zero-order valence-electron chi connectivity index (χ0n) is 16.3. The van der Waals surface area contributed by atoms with Crippen molar-refractivity contribution in [2.24, 2.45) is 0 Å². The van der Waals surface area contributed by atoms with Crippen LogP contribution in [0.5, 0.6) is 0 Å². The van der Waals surface area contributed by atoms with E-state index < -0.39 is 10.4 Å². The van der Waals surface area contributed by atoms with Crippen molar-refractivity contribution in [1.29, 1.82) is 0 Å². The van der Waals surface area contributed by atoms with Crippen LogP contribution in [-0.4, -0.2) is 97.7 Å². The van der Waals surface area contributed by atoms with E-state index in [9.17, 15) is 8.42 Å². The molecule has 0 amide bonds. The van der Waals surface area contributed by atoms with Crippen LogP contribution >= 0.6 is 0 Å². The van der Waals surface area contributed by atoms with Crippen molar-refractivity contribution in [2.45, 2.75) is 71.1 Å². The molecule has 0 bridgehead atoms. The van der Waals surface area contributed by atoms with Gasteiger partial charge in [-0.05, 0) is 6.42 Å². The molecular formula is C12H33AlCaMgO4S. The SMILES string of the molecule is CCCCCCCCCCCCOS(=O)(=O)O.[AlH3].[Ca+2].[H-].[H-].[H-].[H-].[Mg+2]. The van der Waals surface area contributed by atoms with Crippen molar-refractivity contribution in [1.82, 2.24) is 0 Å². The summed E-state index contributed by atoms with van der Waals surface area (Å²) in [7, 11) is -4.23. The van der Waals surface area contributed by atoms with Gasteiger partial charge in [-0.2, -0.15) is 8.42 Å². The number of unbranched alkanes of at least 4 members (excludes halogenated alkanes) is 9. The first-order chi connectivity index (χ1) is 8.06. The second-order valence-corrected chi connectivity index (χ2v) is 5.52. The molecular weight excluding hydrogens is 332 g/mol. The van der Waals surface area contributed by atoms with Gasteiger partial charge < -0.3 is 5.71 Å². The largest absolute Gasteiger partial charge is 2.00 e. The quantitative estimate of drug-likeness (QED) is 0.328. The summed E-state index contributed by atoms with van der Waals surface area (Å²) in [5.41, 5.74) is 0. The Morgan fingerprint density at radius 3 is 1.60 bits per heavy atom. The summed E-state index contributed by atoms with van der Waals surface area (Å²) in [6.07, 6.45) is 11.9. The monoisotopic (exact) mass is 364 g/mol. The molecule has 0 radical (unpaired) electrons. The Bertz CT molecular complexity index is 282. The van der Waals surface area contributed by atoms with Gasteiger partial charge in [0.25, 0.3) is 0 Å². The van der Waals surface area contributed by atoms with Crippen molar-refractivity contribution in [3.8, 4) is 0 Å². The molecule has 1 N–H and O–H groups in total. The van der Waals surface area contributed by atoms with E-state index >= 15 is 0 Å². The van der Waals surface area contributed by atoms with Crippen molar-refractivity contribution in [3.63, 3.8) is 0 Å². The molecule has 0 fully saturated rings. The third kappa shape index (κ3) is 28.6. The smallest absolute Gasteiger partial charge is 1.00 e. The summed E-state index contributed by atoms with van der Waals surface area (Å²) in [5, 5.41) is 0. The van der Waals surface area contributed by atoms with Crippen molar-refractivity contribution in [3.05, 3.63) is 0 Å². The fraction of sp³-hybridized carbons (Fsp3) is 1.00. The fourth-order valence-corrected chi connectivity index (χ4v) is 2.08. The van der Waals surface area contributed by atoms with Gasteiger partial charge in [0.05, 0.1) is 6.61 Å². The maximum Gasteiger partial charge on any atom is 2.00 e. The maximum absolute atomic E-state index is 10.2. The molecule has 8 heteroatoms. The van der Waals surface area contributed by atoms with Crippen LogP contribution in [0.4, 0.5) is 0 Å². The van der Waals surface area contributed by atoms with Crippen LogP contribution in [0.3, 0.4) is 0 Å². The molecule has 0 saturated carbocycles. The van der Waals surface area contributed by atoms with Crippen LogP contribution in [0, 0.1) is 0 Å². The van der Waals surface area contributed by atoms with Gasteiger partial charge in [-0.15, -0.1) is 0 Å². The molecule has 0 aromatic rings. The van der Waals surface area contributed by atoms with Crippen molar-refractivity contribution >= 4 is 88.6 Å². The van der Waals surface area contributed by atoms with Crippen LogP contribution in [0.1, 0.15) is 76.8 Å². The molecule has 0 aliphatic carbocycles. The third-order valence-corrected chi connectivity index (χ3v) is 3.19. The average Bonchev–Trinajstić information content (AvgIpc) is 2.24. The van der Waals surface area contributed by atoms with Gasteiger partial charge in [-0.1, -0.05) is 64.7 Å². The van der Waals surface area contributed by atoms with Crippen LogP contribution in [-0.2, 0) is 14.6 Å². The van der Waals surface area contributed by atoms with Gasteiger partial charge in [0.1, 0.15) is 0 Å². The normalized spacial score (nSPS) is 10.1. The van der Waals surface area contributed by atoms with E-state index in [1.807, 2.05) is 0 Å². The minimum absolute atomic E-state index is 0. The Labute approximate surface area is 187 Å². The maximum atomic E-state index is 10.2. The van der Waals surface area contributed by atoms with Crippen molar-refractivity contribution in [2.75, 3.05) is 6.61 Å². The standard InChI is InChI=1S/C12H26O4S.Al.Ca.Mg.7H/c1-2-3-4-5-6-7-8-9-10-11-12-16-17(13,14)15;;;;;;;;;;/h2-12H2,1H3,(H,13,14,15);;;;;;;;;;/q;;2*+2;;;;4*-1. The van der Waals surface area contributed by atoms with Crippen LogP contribution < -0.4 is 0 Å². The van der Waals surface area contributed by atoms with E-state index in [0.29, 0.717) is 6.42 Å². The van der Waals surface area contributed by atoms with Crippen LogP contribution in [0.25, 0.3) is 0 Å². The van der Waals surface area contributed by atoms with Gasteiger partial charge in [0, 0.05) is 0 Å². The zero-order chi connectivity index (χ0) is 13.0. The second-order valence-electron chi connectivity index (χ2n) is 4.43. The molecule has 0 rings (SSSR count). The first-order valence-corrected chi connectivity index (χ1v) is 8.04. The Morgan fingerprint density at radius 1 is 0.900 bits per heavy atom. The van der Waals surface area contributed by atoms with E-state index in [0.717, 1.165) is 12.8 Å². The molecule has 118 valence electrons. The molecule has 0 spiro atoms. The molecule has 20 heavy (non-hydrogen) atoms. The van der Waals surface area contributed by atoms with E-state index in [-0.39, 0.29) is 90.5 Å². The van der Waals surface area contributed by atoms with Gasteiger partial charge in [0.2, 0.25) is 0 Å². The second kappa shape index (κ2) is 21.4. The van der Waals surface area contributed by atoms with Crippen molar-refractivity contribution < 1.29 is 22.9 Å². The molecule has 0 unspecified atom stereocenters. The minimum atomic E-state index is -4.23. The zero-order valence-corrected chi connectivity index (χ0v) is 16.7. The van der Waals surface area contributed by atoms with Gasteiger partial charge in [-0.3, -0.25) is 4.55 Å². The Balaban J connectivity index is -0.0000000610.